The molecule has 0 aromatic heterocycles. The molecule has 0 radical (unpaired) electrons. The van der Waals surface area contributed by atoms with Crippen molar-refractivity contribution < 1.29 is 14.3 Å². The van der Waals surface area contributed by atoms with E-state index in [1.165, 1.54) is 19.3 Å². The smallest absolute Gasteiger partial charge is 0.317 e. The van der Waals surface area contributed by atoms with E-state index >= 15 is 0 Å². The first kappa shape index (κ1) is 16.0. The first-order valence-corrected chi connectivity index (χ1v) is 8.49. The van der Waals surface area contributed by atoms with Crippen LogP contribution in [0.5, 0.6) is 11.5 Å². The lowest BCUT2D eigenvalue weighted by atomic mass is 9.79. The molecule has 126 valence electrons. The lowest BCUT2D eigenvalue weighted by Gasteiger charge is -2.37. The van der Waals surface area contributed by atoms with Crippen LogP contribution in [0.25, 0.3) is 0 Å². The Labute approximate surface area is 137 Å². The molecule has 1 aliphatic heterocycles. The molecule has 0 unspecified atom stereocenters. The Balaban J connectivity index is 1.62. The first-order valence-electron chi connectivity index (χ1n) is 8.49. The first-order chi connectivity index (χ1) is 11.2. The van der Waals surface area contributed by atoms with Gasteiger partial charge in [-0.1, -0.05) is 18.6 Å². The minimum absolute atomic E-state index is 0.0456. The van der Waals surface area contributed by atoms with Gasteiger partial charge in [0.1, 0.15) is 0 Å². The van der Waals surface area contributed by atoms with Crippen molar-refractivity contribution in [3.05, 3.63) is 23.8 Å². The molecule has 1 atom stereocenters. The van der Waals surface area contributed by atoms with Crippen LogP contribution in [0.4, 0.5) is 4.79 Å². The standard InChI is InChI=1S/C18H26N2O3/c1-22-16-10-4-8-14(17(16)23-2)12-19-18(21)20-11-5-9-15(20)13-6-3-7-13/h4,8,10,13,15H,3,5-7,9,11-12H2,1-2H3,(H,19,21)/t15-/m1/s1. The van der Waals surface area contributed by atoms with Crippen molar-refractivity contribution in [1.29, 1.82) is 0 Å². The summed E-state index contributed by atoms with van der Waals surface area (Å²) in [7, 11) is 3.24. The number of benzene rings is 1. The average molecular weight is 318 g/mol. The van der Waals surface area contributed by atoms with Gasteiger partial charge in [-0.05, 0) is 37.7 Å². The molecule has 1 heterocycles. The zero-order chi connectivity index (χ0) is 16.2. The second kappa shape index (κ2) is 7.11. The Kier molecular flexibility index (Phi) is 4.94. The molecule has 1 aliphatic carbocycles. The van der Waals surface area contributed by atoms with E-state index in [0.717, 1.165) is 30.9 Å². The number of urea groups is 1. The summed E-state index contributed by atoms with van der Waals surface area (Å²) in [6.07, 6.45) is 6.14. The van der Waals surface area contributed by atoms with E-state index in [-0.39, 0.29) is 6.03 Å². The van der Waals surface area contributed by atoms with E-state index in [9.17, 15) is 4.79 Å². The molecule has 2 aliphatic rings. The quantitative estimate of drug-likeness (QED) is 0.907. The Morgan fingerprint density at radius 2 is 2.04 bits per heavy atom. The molecule has 1 saturated carbocycles. The van der Waals surface area contributed by atoms with Crippen LogP contribution in [0.15, 0.2) is 18.2 Å². The number of nitrogens with zero attached hydrogens (tertiary/aromatic N) is 1. The minimum atomic E-state index is 0.0456. The predicted molar refractivity (Wildman–Crippen MR) is 88.9 cm³/mol. The van der Waals surface area contributed by atoms with Crippen LogP contribution in [-0.4, -0.2) is 37.7 Å². The molecule has 0 bridgehead atoms. The lowest BCUT2D eigenvalue weighted by molar-refractivity contribution is 0.139. The molecular weight excluding hydrogens is 292 g/mol. The summed E-state index contributed by atoms with van der Waals surface area (Å²) in [6, 6.07) is 6.21. The molecule has 3 rings (SSSR count). The molecule has 2 amide bonds. The van der Waals surface area contributed by atoms with E-state index in [1.54, 1.807) is 14.2 Å². The highest BCUT2D eigenvalue weighted by atomic mass is 16.5. The zero-order valence-corrected chi connectivity index (χ0v) is 14.0. The van der Waals surface area contributed by atoms with Crippen LogP contribution in [0.2, 0.25) is 0 Å². The zero-order valence-electron chi connectivity index (χ0n) is 14.0. The number of hydrogen-bond acceptors (Lipinski definition) is 3. The van der Waals surface area contributed by atoms with Crippen molar-refractivity contribution in [2.45, 2.75) is 44.7 Å². The van der Waals surface area contributed by atoms with Crippen LogP contribution in [-0.2, 0) is 6.54 Å². The van der Waals surface area contributed by atoms with Crippen LogP contribution < -0.4 is 14.8 Å². The summed E-state index contributed by atoms with van der Waals surface area (Å²) in [5, 5.41) is 3.05. The molecule has 0 spiro atoms. The van der Waals surface area contributed by atoms with Gasteiger partial charge in [0.25, 0.3) is 0 Å². The van der Waals surface area contributed by atoms with Crippen molar-refractivity contribution in [1.82, 2.24) is 10.2 Å². The number of methoxy groups -OCH3 is 2. The van der Waals surface area contributed by atoms with Crippen LogP contribution in [0.1, 0.15) is 37.7 Å². The molecule has 2 fully saturated rings. The monoisotopic (exact) mass is 318 g/mol. The van der Waals surface area contributed by atoms with Crippen molar-refractivity contribution in [3.8, 4) is 11.5 Å². The number of carbonyl (C=O) groups is 1. The summed E-state index contributed by atoms with van der Waals surface area (Å²) in [6.45, 7) is 1.33. The van der Waals surface area contributed by atoms with Gasteiger partial charge in [0, 0.05) is 24.7 Å². The Hall–Kier alpha value is -1.91. The molecule has 5 heteroatoms. The summed E-state index contributed by atoms with van der Waals surface area (Å²) < 4.78 is 10.7. The second-order valence-corrected chi connectivity index (χ2v) is 6.41. The van der Waals surface area contributed by atoms with E-state index in [1.807, 2.05) is 23.1 Å². The van der Waals surface area contributed by atoms with Crippen LogP contribution in [0.3, 0.4) is 0 Å². The number of carbonyl (C=O) groups excluding carboxylic acids is 1. The third-order valence-corrected chi connectivity index (χ3v) is 5.17. The Morgan fingerprint density at radius 3 is 2.70 bits per heavy atom. The normalized spacial score (nSPS) is 21.0. The fourth-order valence-corrected chi connectivity index (χ4v) is 3.72. The highest BCUT2D eigenvalue weighted by molar-refractivity contribution is 5.75. The van der Waals surface area contributed by atoms with Gasteiger partial charge in [0.2, 0.25) is 0 Å². The van der Waals surface area contributed by atoms with E-state index < -0.39 is 0 Å². The SMILES string of the molecule is COc1cccc(CNC(=O)N2CCC[C@@H]2C2CCC2)c1OC. The highest BCUT2D eigenvalue weighted by Gasteiger charge is 2.37. The van der Waals surface area contributed by atoms with Crippen LogP contribution in [0, 0.1) is 5.92 Å². The van der Waals surface area contributed by atoms with Crippen molar-refractivity contribution in [2.75, 3.05) is 20.8 Å². The number of nitrogens with one attached hydrogen (secondary N) is 1. The number of amides is 2. The van der Waals surface area contributed by atoms with Gasteiger partial charge in [0.05, 0.1) is 14.2 Å². The third kappa shape index (κ3) is 3.23. The summed E-state index contributed by atoms with van der Waals surface area (Å²) in [5.74, 6) is 2.09. The molecule has 1 aromatic rings. The summed E-state index contributed by atoms with van der Waals surface area (Å²) >= 11 is 0. The number of rotatable bonds is 5. The number of para-hydroxylation sites is 1. The fourth-order valence-electron chi connectivity index (χ4n) is 3.72. The molecule has 1 saturated heterocycles. The predicted octanol–water partition coefficient (Wildman–Crippen LogP) is 3.18. The molecule has 1 N–H and O–H groups in total. The van der Waals surface area contributed by atoms with Crippen molar-refractivity contribution in [3.63, 3.8) is 0 Å². The van der Waals surface area contributed by atoms with E-state index in [4.69, 9.17) is 9.47 Å². The Morgan fingerprint density at radius 1 is 1.22 bits per heavy atom. The summed E-state index contributed by atoms with van der Waals surface area (Å²) in [5.41, 5.74) is 0.930. The van der Waals surface area contributed by atoms with Gasteiger partial charge in [-0.25, -0.2) is 4.79 Å². The number of hydrogen-bond donors (Lipinski definition) is 1. The second-order valence-electron chi connectivity index (χ2n) is 6.41. The number of likely N-dealkylation sites (tertiary alicyclic amines) is 1. The number of ether oxygens (including phenoxy) is 2. The van der Waals surface area contributed by atoms with Gasteiger partial charge >= 0.3 is 6.03 Å². The van der Waals surface area contributed by atoms with Gasteiger partial charge in [0.15, 0.2) is 11.5 Å². The molecule has 1 aromatic carbocycles. The van der Waals surface area contributed by atoms with E-state index in [2.05, 4.69) is 5.32 Å². The third-order valence-electron chi connectivity index (χ3n) is 5.17. The molecule has 5 nitrogen and oxygen atoms in total. The topological polar surface area (TPSA) is 50.8 Å². The van der Waals surface area contributed by atoms with E-state index in [0.29, 0.717) is 24.1 Å². The highest BCUT2D eigenvalue weighted by Crippen LogP contribution is 2.37. The minimum Gasteiger partial charge on any atom is -0.493 e. The average Bonchev–Trinajstić information content (AvgIpc) is 2.99. The maximum Gasteiger partial charge on any atom is 0.317 e. The van der Waals surface area contributed by atoms with Crippen LogP contribution >= 0.6 is 0 Å². The molecular formula is C18H26N2O3. The van der Waals surface area contributed by atoms with Crippen molar-refractivity contribution >= 4 is 6.03 Å². The van der Waals surface area contributed by atoms with Gasteiger partial charge in [-0.3, -0.25) is 0 Å². The fraction of sp³-hybridized carbons (Fsp3) is 0.611. The maximum absolute atomic E-state index is 12.6. The van der Waals surface area contributed by atoms with Gasteiger partial charge in [-0.2, -0.15) is 0 Å². The Bertz CT molecular complexity index is 557. The van der Waals surface area contributed by atoms with Crippen molar-refractivity contribution in [2.24, 2.45) is 5.92 Å². The summed E-state index contributed by atoms with van der Waals surface area (Å²) in [4.78, 5) is 14.6. The molecule has 23 heavy (non-hydrogen) atoms. The largest absolute Gasteiger partial charge is 0.493 e. The lowest BCUT2D eigenvalue weighted by Crippen LogP contribution is -2.46. The van der Waals surface area contributed by atoms with Gasteiger partial charge in [-0.15, -0.1) is 0 Å². The van der Waals surface area contributed by atoms with Gasteiger partial charge < -0.3 is 19.7 Å². The maximum atomic E-state index is 12.6.